The summed E-state index contributed by atoms with van der Waals surface area (Å²) < 4.78 is 6.81. The molecule has 0 bridgehead atoms. The fourth-order valence-corrected chi connectivity index (χ4v) is 3.32. The van der Waals surface area contributed by atoms with E-state index in [1.54, 1.807) is 0 Å². The SMILES string of the molecule is Cc1ccc(-c2ccc3c(c2)CCNC3CI)o1. The monoisotopic (exact) mass is 353 g/mol. The van der Waals surface area contributed by atoms with Crippen LogP contribution in [0.4, 0.5) is 0 Å². The molecule has 1 aromatic heterocycles. The van der Waals surface area contributed by atoms with Crippen LogP contribution in [0.15, 0.2) is 34.7 Å². The second kappa shape index (κ2) is 5.05. The van der Waals surface area contributed by atoms with Gasteiger partial charge in [-0.2, -0.15) is 0 Å². The van der Waals surface area contributed by atoms with E-state index in [1.165, 1.54) is 16.7 Å². The van der Waals surface area contributed by atoms with Gasteiger partial charge in [-0.15, -0.1) is 0 Å². The van der Waals surface area contributed by atoms with Crippen LogP contribution in [0.3, 0.4) is 0 Å². The van der Waals surface area contributed by atoms with Crippen LogP contribution >= 0.6 is 22.6 Å². The van der Waals surface area contributed by atoms with Gasteiger partial charge in [-0.05, 0) is 49.2 Å². The molecule has 1 aliphatic heterocycles. The van der Waals surface area contributed by atoms with E-state index < -0.39 is 0 Å². The summed E-state index contributed by atoms with van der Waals surface area (Å²) in [6.07, 6.45) is 1.11. The first kappa shape index (κ1) is 12.2. The van der Waals surface area contributed by atoms with Crippen molar-refractivity contribution >= 4 is 22.6 Å². The van der Waals surface area contributed by atoms with Gasteiger partial charge in [-0.1, -0.05) is 34.7 Å². The summed E-state index contributed by atoms with van der Waals surface area (Å²) in [6, 6.07) is 11.3. The van der Waals surface area contributed by atoms with Gasteiger partial charge >= 0.3 is 0 Å². The van der Waals surface area contributed by atoms with Crippen LogP contribution in [-0.4, -0.2) is 11.0 Å². The molecule has 0 radical (unpaired) electrons. The van der Waals surface area contributed by atoms with Crippen LogP contribution in [0.1, 0.15) is 22.9 Å². The van der Waals surface area contributed by atoms with Crippen LogP contribution in [0.25, 0.3) is 11.3 Å². The van der Waals surface area contributed by atoms with Crippen molar-refractivity contribution in [1.29, 1.82) is 0 Å². The zero-order chi connectivity index (χ0) is 12.5. The lowest BCUT2D eigenvalue weighted by Gasteiger charge is -2.25. The second-order valence-electron chi connectivity index (χ2n) is 4.73. The zero-order valence-corrected chi connectivity index (χ0v) is 12.5. The summed E-state index contributed by atoms with van der Waals surface area (Å²) in [6.45, 7) is 3.05. The maximum Gasteiger partial charge on any atom is 0.134 e. The van der Waals surface area contributed by atoms with E-state index in [4.69, 9.17) is 4.42 Å². The van der Waals surface area contributed by atoms with E-state index in [0.29, 0.717) is 6.04 Å². The Hall–Kier alpha value is -0.810. The minimum absolute atomic E-state index is 0.502. The fraction of sp³-hybridized carbons (Fsp3) is 0.333. The van der Waals surface area contributed by atoms with Gasteiger partial charge in [-0.25, -0.2) is 0 Å². The molecule has 0 saturated carbocycles. The van der Waals surface area contributed by atoms with Gasteiger partial charge in [0.1, 0.15) is 11.5 Å². The molecule has 1 N–H and O–H groups in total. The Kier molecular flexibility index (Phi) is 3.43. The lowest BCUT2D eigenvalue weighted by Crippen LogP contribution is -2.30. The van der Waals surface area contributed by atoms with Gasteiger partial charge in [-0.3, -0.25) is 0 Å². The number of alkyl halides is 1. The average molecular weight is 353 g/mol. The van der Waals surface area contributed by atoms with Gasteiger partial charge in [0.05, 0.1) is 0 Å². The smallest absolute Gasteiger partial charge is 0.134 e. The minimum Gasteiger partial charge on any atom is -0.461 e. The van der Waals surface area contributed by atoms with Crippen molar-refractivity contribution in [1.82, 2.24) is 5.32 Å². The Bertz CT molecular complexity index is 561. The topological polar surface area (TPSA) is 25.2 Å². The number of fused-ring (bicyclic) bond motifs is 1. The van der Waals surface area contributed by atoms with Crippen LogP contribution in [0.5, 0.6) is 0 Å². The normalized spacial score (nSPS) is 18.7. The van der Waals surface area contributed by atoms with Gasteiger partial charge in [0, 0.05) is 16.0 Å². The molecule has 0 aliphatic carbocycles. The fourth-order valence-electron chi connectivity index (χ4n) is 2.53. The van der Waals surface area contributed by atoms with E-state index >= 15 is 0 Å². The molecule has 18 heavy (non-hydrogen) atoms. The van der Waals surface area contributed by atoms with Crippen molar-refractivity contribution in [2.45, 2.75) is 19.4 Å². The van der Waals surface area contributed by atoms with E-state index in [2.05, 4.69) is 46.1 Å². The molecule has 94 valence electrons. The maximum absolute atomic E-state index is 5.70. The summed E-state index contributed by atoms with van der Waals surface area (Å²) >= 11 is 2.45. The zero-order valence-electron chi connectivity index (χ0n) is 10.4. The Morgan fingerprint density at radius 1 is 1.33 bits per heavy atom. The highest BCUT2D eigenvalue weighted by Gasteiger charge is 2.19. The Balaban J connectivity index is 2.00. The molecule has 2 heterocycles. The number of hydrogen-bond donors (Lipinski definition) is 1. The van der Waals surface area contributed by atoms with E-state index in [1.807, 2.05) is 19.1 Å². The van der Waals surface area contributed by atoms with E-state index in [-0.39, 0.29) is 0 Å². The Labute approximate surface area is 121 Å². The second-order valence-corrected chi connectivity index (χ2v) is 5.62. The third-order valence-corrected chi connectivity index (χ3v) is 4.36. The molecule has 3 rings (SSSR count). The number of nitrogens with one attached hydrogen (secondary N) is 1. The summed E-state index contributed by atoms with van der Waals surface area (Å²) in [7, 11) is 0. The highest BCUT2D eigenvalue weighted by Crippen LogP contribution is 2.30. The molecule has 1 unspecified atom stereocenters. The molecule has 1 aromatic carbocycles. The summed E-state index contributed by atoms with van der Waals surface area (Å²) in [5.74, 6) is 1.94. The third-order valence-electron chi connectivity index (χ3n) is 3.48. The third kappa shape index (κ3) is 2.21. The predicted octanol–water partition coefficient (Wildman–Crippen LogP) is 3.88. The highest BCUT2D eigenvalue weighted by molar-refractivity contribution is 14.1. The summed E-state index contributed by atoms with van der Waals surface area (Å²) in [5.41, 5.74) is 4.10. The largest absolute Gasteiger partial charge is 0.461 e. The van der Waals surface area contributed by atoms with Gasteiger partial charge in [0.25, 0.3) is 0 Å². The predicted molar refractivity (Wildman–Crippen MR) is 82.2 cm³/mol. The molecule has 3 heteroatoms. The van der Waals surface area contributed by atoms with Gasteiger partial charge in [0.15, 0.2) is 0 Å². The molecule has 0 saturated heterocycles. The van der Waals surface area contributed by atoms with Crippen molar-refractivity contribution in [2.75, 3.05) is 11.0 Å². The molecular weight excluding hydrogens is 337 g/mol. The van der Waals surface area contributed by atoms with Crippen LogP contribution in [0, 0.1) is 6.92 Å². The number of rotatable bonds is 2. The van der Waals surface area contributed by atoms with Crippen LogP contribution < -0.4 is 5.32 Å². The van der Waals surface area contributed by atoms with Crippen molar-refractivity contribution in [3.05, 3.63) is 47.2 Å². The lowest BCUT2D eigenvalue weighted by atomic mass is 9.93. The number of hydrogen-bond acceptors (Lipinski definition) is 2. The first-order valence-corrected chi connectivity index (χ1v) is 7.79. The highest BCUT2D eigenvalue weighted by atomic mass is 127. The Morgan fingerprint density at radius 3 is 2.94 bits per heavy atom. The summed E-state index contributed by atoms with van der Waals surface area (Å²) in [4.78, 5) is 0. The lowest BCUT2D eigenvalue weighted by molar-refractivity contribution is 0.544. The molecule has 2 nitrogen and oxygen atoms in total. The standard InChI is InChI=1S/C15H16INO/c1-10-2-5-15(18-10)12-3-4-13-11(8-12)6-7-17-14(13)9-16/h2-5,8,14,17H,6-7,9H2,1H3. The number of halogens is 1. The first-order chi connectivity index (χ1) is 8.78. The minimum atomic E-state index is 0.502. The Morgan fingerprint density at radius 2 is 2.22 bits per heavy atom. The van der Waals surface area contributed by atoms with Crippen LogP contribution in [0.2, 0.25) is 0 Å². The van der Waals surface area contributed by atoms with E-state index in [0.717, 1.165) is 28.9 Å². The maximum atomic E-state index is 5.70. The first-order valence-electron chi connectivity index (χ1n) is 6.27. The van der Waals surface area contributed by atoms with Gasteiger partial charge < -0.3 is 9.73 Å². The molecule has 1 atom stereocenters. The van der Waals surface area contributed by atoms with Crippen LogP contribution in [-0.2, 0) is 6.42 Å². The molecular formula is C15H16INO. The molecule has 0 fully saturated rings. The molecule has 0 amide bonds. The molecule has 2 aromatic rings. The average Bonchev–Trinajstić information content (AvgIpc) is 2.84. The quantitative estimate of drug-likeness (QED) is 0.655. The van der Waals surface area contributed by atoms with Crippen molar-refractivity contribution in [3.8, 4) is 11.3 Å². The molecule has 0 spiro atoms. The number of benzene rings is 1. The van der Waals surface area contributed by atoms with Crippen molar-refractivity contribution in [3.63, 3.8) is 0 Å². The number of aryl methyl sites for hydroxylation is 1. The number of furan rings is 1. The molecule has 1 aliphatic rings. The van der Waals surface area contributed by atoms with E-state index in [9.17, 15) is 0 Å². The van der Waals surface area contributed by atoms with Crippen molar-refractivity contribution < 1.29 is 4.42 Å². The van der Waals surface area contributed by atoms with Crippen molar-refractivity contribution in [2.24, 2.45) is 0 Å². The van der Waals surface area contributed by atoms with Gasteiger partial charge in [0.2, 0.25) is 0 Å². The summed E-state index contributed by atoms with van der Waals surface area (Å²) in [5, 5.41) is 3.56.